The fourth-order valence-electron chi connectivity index (χ4n) is 2.61. The number of halogens is 2. The number of rotatable bonds is 7. The van der Waals surface area contributed by atoms with Crippen LogP contribution in [0.2, 0.25) is 0 Å². The van der Waals surface area contributed by atoms with E-state index in [9.17, 15) is 18.4 Å². The Morgan fingerprint density at radius 1 is 1.14 bits per heavy atom. The maximum atomic E-state index is 12.6. The molecule has 3 aromatic rings. The molecule has 2 aromatic carbocycles. The van der Waals surface area contributed by atoms with E-state index in [1.807, 2.05) is 30.3 Å². The highest BCUT2D eigenvalue weighted by Crippen LogP contribution is 2.28. The fraction of sp³-hybridized carbons (Fsp3) is 0.200. The number of alkyl halides is 2. The molecule has 0 unspecified atom stereocenters. The molecule has 3 rings (SSSR count). The zero-order valence-corrected chi connectivity index (χ0v) is 15.7. The van der Waals surface area contributed by atoms with E-state index in [0.29, 0.717) is 11.3 Å². The molecular weight excluding hydrogens is 388 g/mol. The summed E-state index contributed by atoms with van der Waals surface area (Å²) in [7, 11) is 0. The maximum absolute atomic E-state index is 12.6. The van der Waals surface area contributed by atoms with Crippen molar-refractivity contribution in [3.63, 3.8) is 0 Å². The molecule has 0 radical (unpaired) electrons. The molecule has 0 saturated carbocycles. The van der Waals surface area contributed by atoms with Crippen LogP contribution in [0, 0.1) is 0 Å². The minimum absolute atomic E-state index is 0.00840. The van der Waals surface area contributed by atoms with E-state index >= 15 is 0 Å². The van der Waals surface area contributed by atoms with E-state index in [2.05, 4.69) is 5.32 Å². The van der Waals surface area contributed by atoms with Crippen LogP contribution in [0.3, 0.4) is 0 Å². The van der Waals surface area contributed by atoms with E-state index in [1.165, 1.54) is 18.2 Å². The summed E-state index contributed by atoms with van der Waals surface area (Å²) in [6, 6.07) is 14.7. The number of esters is 1. The minimum Gasteiger partial charge on any atom is -0.459 e. The summed E-state index contributed by atoms with van der Waals surface area (Å²) >= 11 is 0.250. The number of furan rings is 1. The molecule has 146 valence electrons. The van der Waals surface area contributed by atoms with Gasteiger partial charge in [-0.25, -0.2) is 4.79 Å². The van der Waals surface area contributed by atoms with Gasteiger partial charge in [0.1, 0.15) is 11.3 Å². The van der Waals surface area contributed by atoms with Crippen molar-refractivity contribution in [1.82, 2.24) is 5.32 Å². The number of nitrogens with one attached hydrogen (secondary N) is 1. The van der Waals surface area contributed by atoms with Crippen molar-refractivity contribution in [3.05, 3.63) is 65.9 Å². The molecule has 1 N–H and O–H groups in total. The highest BCUT2D eigenvalue weighted by Gasteiger charge is 2.19. The van der Waals surface area contributed by atoms with Gasteiger partial charge in [-0.3, -0.25) is 4.79 Å². The van der Waals surface area contributed by atoms with Crippen LogP contribution in [-0.4, -0.2) is 24.2 Å². The van der Waals surface area contributed by atoms with Gasteiger partial charge in [-0.05, 0) is 31.2 Å². The van der Waals surface area contributed by atoms with E-state index < -0.39 is 30.3 Å². The third-order valence-corrected chi connectivity index (χ3v) is 4.69. The third-order valence-electron chi connectivity index (χ3n) is 3.91. The second kappa shape index (κ2) is 8.88. The number of thioether (sulfide) groups is 1. The number of ether oxygens (including phenoxy) is 1. The molecule has 0 aliphatic carbocycles. The number of carbonyl (C=O) groups excluding carboxylic acids is 2. The van der Waals surface area contributed by atoms with Gasteiger partial charge in [0.15, 0.2) is 6.61 Å². The predicted molar refractivity (Wildman–Crippen MR) is 101 cm³/mol. The molecule has 0 spiro atoms. The first-order valence-corrected chi connectivity index (χ1v) is 9.31. The first-order valence-electron chi connectivity index (χ1n) is 8.43. The number of hydrogen-bond acceptors (Lipinski definition) is 5. The second-order valence-corrected chi connectivity index (χ2v) is 6.96. The molecule has 1 amide bonds. The van der Waals surface area contributed by atoms with Crippen molar-refractivity contribution in [2.45, 2.75) is 23.6 Å². The maximum Gasteiger partial charge on any atom is 0.339 e. The molecular formula is C20H17F2NO4S. The van der Waals surface area contributed by atoms with Gasteiger partial charge in [0.05, 0.1) is 11.6 Å². The molecule has 0 saturated heterocycles. The Kier molecular flexibility index (Phi) is 6.30. The lowest BCUT2D eigenvalue weighted by molar-refractivity contribution is -0.125. The molecule has 1 atom stereocenters. The summed E-state index contributed by atoms with van der Waals surface area (Å²) in [5, 5.41) is 3.59. The predicted octanol–water partition coefficient (Wildman–Crippen LogP) is 4.78. The van der Waals surface area contributed by atoms with Crippen LogP contribution in [-0.2, 0) is 9.53 Å². The summed E-state index contributed by atoms with van der Waals surface area (Å²) in [5.41, 5.74) is 0.698. The van der Waals surface area contributed by atoms with Gasteiger partial charge in [0, 0.05) is 10.3 Å². The van der Waals surface area contributed by atoms with Gasteiger partial charge < -0.3 is 14.5 Å². The number of amides is 1. The Hall–Kier alpha value is -2.87. The number of fused-ring (bicyclic) bond motifs is 1. The summed E-state index contributed by atoms with van der Waals surface area (Å²) in [6.45, 7) is 1.21. The fourth-order valence-corrected chi connectivity index (χ4v) is 3.24. The molecule has 0 bridgehead atoms. The minimum atomic E-state index is -2.66. The van der Waals surface area contributed by atoms with Crippen molar-refractivity contribution in [3.8, 4) is 0 Å². The van der Waals surface area contributed by atoms with Crippen molar-refractivity contribution in [1.29, 1.82) is 0 Å². The van der Waals surface area contributed by atoms with Crippen LogP contribution < -0.4 is 5.32 Å². The quantitative estimate of drug-likeness (QED) is 0.453. The molecule has 0 fully saturated rings. The van der Waals surface area contributed by atoms with E-state index in [0.717, 1.165) is 5.39 Å². The number of para-hydroxylation sites is 1. The van der Waals surface area contributed by atoms with Crippen LogP contribution in [0.15, 0.2) is 63.9 Å². The zero-order valence-electron chi connectivity index (χ0n) is 14.9. The SMILES string of the molecule is C[C@@H](NC(=O)COC(=O)c1ccccc1SC(F)F)c1cc2ccccc2o1. The number of benzene rings is 2. The first kappa shape index (κ1) is 19.9. The van der Waals surface area contributed by atoms with Gasteiger partial charge in [0.25, 0.3) is 11.7 Å². The Balaban J connectivity index is 1.57. The molecule has 5 nitrogen and oxygen atoms in total. The molecule has 0 aliphatic heterocycles. The van der Waals surface area contributed by atoms with Gasteiger partial charge in [-0.1, -0.05) is 42.1 Å². The Morgan fingerprint density at radius 2 is 1.86 bits per heavy atom. The van der Waals surface area contributed by atoms with Crippen molar-refractivity contribution in [2.24, 2.45) is 0 Å². The lowest BCUT2D eigenvalue weighted by Gasteiger charge is -2.12. The summed E-state index contributed by atoms with van der Waals surface area (Å²) in [6.07, 6.45) is 0. The molecule has 0 aliphatic rings. The first-order chi connectivity index (χ1) is 13.4. The lowest BCUT2D eigenvalue weighted by Crippen LogP contribution is -2.31. The van der Waals surface area contributed by atoms with E-state index in [1.54, 1.807) is 13.0 Å². The monoisotopic (exact) mass is 405 g/mol. The summed E-state index contributed by atoms with van der Waals surface area (Å²) < 4.78 is 35.8. The van der Waals surface area contributed by atoms with Crippen LogP contribution >= 0.6 is 11.8 Å². The molecule has 28 heavy (non-hydrogen) atoms. The second-order valence-electron chi connectivity index (χ2n) is 5.93. The highest BCUT2D eigenvalue weighted by molar-refractivity contribution is 7.99. The Labute approximate surface area is 164 Å². The van der Waals surface area contributed by atoms with Gasteiger partial charge >= 0.3 is 5.97 Å². The van der Waals surface area contributed by atoms with Crippen LogP contribution in [0.4, 0.5) is 8.78 Å². The molecule has 1 heterocycles. The Morgan fingerprint density at radius 3 is 2.61 bits per heavy atom. The average Bonchev–Trinajstić information content (AvgIpc) is 3.10. The summed E-state index contributed by atoms with van der Waals surface area (Å²) in [5.74, 6) is -3.46. The van der Waals surface area contributed by atoms with Gasteiger partial charge in [-0.15, -0.1) is 0 Å². The highest BCUT2D eigenvalue weighted by atomic mass is 32.2. The van der Waals surface area contributed by atoms with Crippen molar-refractivity contribution in [2.75, 3.05) is 6.61 Å². The molecule has 1 aromatic heterocycles. The zero-order chi connectivity index (χ0) is 20.1. The van der Waals surface area contributed by atoms with E-state index in [4.69, 9.17) is 9.15 Å². The van der Waals surface area contributed by atoms with Crippen molar-refractivity contribution < 1.29 is 27.5 Å². The standard InChI is InChI=1S/C20H17F2NO4S/c1-12(16-10-13-6-2-4-8-15(13)27-16)23-18(24)11-26-19(25)14-7-3-5-9-17(14)28-20(21)22/h2-10,12,20H,11H2,1H3,(H,23,24)/t12-/m1/s1. The van der Waals surface area contributed by atoms with Gasteiger partial charge in [-0.2, -0.15) is 8.78 Å². The lowest BCUT2D eigenvalue weighted by atomic mass is 10.2. The third kappa shape index (κ3) is 4.89. The van der Waals surface area contributed by atoms with E-state index in [-0.39, 0.29) is 22.2 Å². The normalized spacial score (nSPS) is 12.1. The molecule has 8 heteroatoms. The smallest absolute Gasteiger partial charge is 0.339 e. The number of carbonyl (C=O) groups is 2. The number of hydrogen-bond donors (Lipinski definition) is 1. The Bertz CT molecular complexity index is 956. The average molecular weight is 405 g/mol. The van der Waals surface area contributed by atoms with Gasteiger partial charge in [0.2, 0.25) is 0 Å². The van der Waals surface area contributed by atoms with Crippen LogP contribution in [0.25, 0.3) is 11.0 Å². The summed E-state index contributed by atoms with van der Waals surface area (Å²) in [4.78, 5) is 24.3. The largest absolute Gasteiger partial charge is 0.459 e. The topological polar surface area (TPSA) is 68.5 Å². The van der Waals surface area contributed by atoms with Crippen LogP contribution in [0.1, 0.15) is 29.1 Å². The van der Waals surface area contributed by atoms with Crippen LogP contribution in [0.5, 0.6) is 0 Å². The van der Waals surface area contributed by atoms with Crippen molar-refractivity contribution >= 4 is 34.6 Å².